The van der Waals surface area contributed by atoms with Gasteiger partial charge in [0, 0.05) is 24.0 Å². The van der Waals surface area contributed by atoms with Gasteiger partial charge in [-0.15, -0.1) is 11.8 Å². The van der Waals surface area contributed by atoms with Gasteiger partial charge in [-0.3, -0.25) is 0 Å². The Morgan fingerprint density at radius 1 is 1.16 bits per heavy atom. The number of hydrogen-bond donors (Lipinski definition) is 2. The highest BCUT2D eigenvalue weighted by Gasteiger charge is 2.39. The molecule has 0 radical (unpaired) electrons. The molecule has 0 bridgehead atoms. The van der Waals surface area contributed by atoms with E-state index in [0.717, 1.165) is 36.3 Å². The molecule has 0 amide bonds. The molecule has 4 rings (SSSR count). The Bertz CT molecular complexity index is 929. The maximum absolute atomic E-state index is 10.5. The molecule has 2 aliphatic heterocycles. The molecular weight excluding hydrogens is 424 g/mol. The van der Waals surface area contributed by atoms with Crippen LogP contribution in [0.15, 0.2) is 30.3 Å². The van der Waals surface area contributed by atoms with Crippen molar-refractivity contribution in [1.82, 2.24) is 0 Å². The normalized spacial score (nSPS) is 27.1. The van der Waals surface area contributed by atoms with Crippen molar-refractivity contribution in [3.8, 4) is 11.5 Å². The van der Waals surface area contributed by atoms with Crippen molar-refractivity contribution < 1.29 is 24.4 Å². The quantitative estimate of drug-likeness (QED) is 0.640. The molecule has 2 aromatic carbocycles. The van der Waals surface area contributed by atoms with E-state index in [1.807, 2.05) is 25.3 Å². The van der Waals surface area contributed by atoms with Crippen LogP contribution in [0, 0.1) is 0 Å². The molecule has 2 aliphatic rings. The predicted molar refractivity (Wildman–Crippen MR) is 128 cm³/mol. The summed E-state index contributed by atoms with van der Waals surface area (Å²) in [6.07, 6.45) is 2.99. The van der Waals surface area contributed by atoms with E-state index >= 15 is 0 Å². The molecule has 2 aromatic rings. The summed E-state index contributed by atoms with van der Waals surface area (Å²) in [6.45, 7) is 6.94. The molecule has 2 N–H and O–H groups in total. The molecule has 0 saturated carbocycles. The molecule has 1 saturated heterocycles. The van der Waals surface area contributed by atoms with E-state index < -0.39 is 17.6 Å². The molecule has 5 nitrogen and oxygen atoms in total. The zero-order chi connectivity index (χ0) is 22.8. The lowest BCUT2D eigenvalue weighted by Crippen LogP contribution is -2.43. The summed E-state index contributed by atoms with van der Waals surface area (Å²) in [4.78, 5) is 0. The highest BCUT2D eigenvalue weighted by Crippen LogP contribution is 2.45. The van der Waals surface area contributed by atoms with Gasteiger partial charge >= 0.3 is 0 Å². The van der Waals surface area contributed by atoms with Gasteiger partial charge in [0.25, 0.3) is 0 Å². The van der Waals surface area contributed by atoms with Crippen LogP contribution in [0.2, 0.25) is 0 Å². The van der Waals surface area contributed by atoms with Crippen molar-refractivity contribution in [1.29, 1.82) is 0 Å². The molecule has 32 heavy (non-hydrogen) atoms. The third-order valence-corrected chi connectivity index (χ3v) is 7.27. The number of thioether (sulfide) groups is 1. The molecule has 0 aliphatic carbocycles. The van der Waals surface area contributed by atoms with E-state index in [0.29, 0.717) is 13.0 Å². The molecule has 6 heteroatoms. The second-order valence-corrected chi connectivity index (χ2v) is 9.61. The summed E-state index contributed by atoms with van der Waals surface area (Å²) in [5, 5.41) is 20.8. The fourth-order valence-corrected chi connectivity index (χ4v) is 5.60. The van der Waals surface area contributed by atoms with Crippen LogP contribution in [0.4, 0.5) is 0 Å². The predicted octanol–water partition coefficient (Wildman–Crippen LogP) is 4.43. The van der Waals surface area contributed by atoms with E-state index in [-0.39, 0.29) is 12.2 Å². The van der Waals surface area contributed by atoms with Crippen LogP contribution >= 0.6 is 11.8 Å². The zero-order valence-corrected chi connectivity index (χ0v) is 20.2. The van der Waals surface area contributed by atoms with Gasteiger partial charge in [-0.05, 0) is 67.8 Å². The molecule has 0 aromatic heterocycles. The second-order valence-electron chi connectivity index (χ2n) is 8.67. The van der Waals surface area contributed by atoms with Gasteiger partial charge in [0.1, 0.15) is 29.1 Å². The summed E-state index contributed by atoms with van der Waals surface area (Å²) in [7, 11) is 0. The molecule has 5 atom stereocenters. The minimum absolute atomic E-state index is 0.116. The lowest BCUT2D eigenvalue weighted by Gasteiger charge is -2.37. The van der Waals surface area contributed by atoms with Crippen molar-refractivity contribution in [2.24, 2.45) is 0 Å². The maximum Gasteiger partial charge on any atom is 0.132 e. The largest absolute Gasteiger partial charge is 0.494 e. The van der Waals surface area contributed by atoms with Crippen molar-refractivity contribution in [2.75, 3.05) is 12.9 Å². The molecule has 174 valence electrons. The third kappa shape index (κ3) is 4.65. The third-order valence-electron chi connectivity index (χ3n) is 6.42. The van der Waals surface area contributed by atoms with E-state index in [9.17, 15) is 10.2 Å². The Morgan fingerprint density at radius 3 is 2.56 bits per heavy atom. The van der Waals surface area contributed by atoms with E-state index in [1.165, 1.54) is 34.0 Å². The summed E-state index contributed by atoms with van der Waals surface area (Å²) < 4.78 is 18.1. The summed E-state index contributed by atoms with van der Waals surface area (Å²) in [5.74, 6) is 1.80. The number of hydrogen-bond acceptors (Lipinski definition) is 6. The Morgan fingerprint density at radius 2 is 1.91 bits per heavy atom. The van der Waals surface area contributed by atoms with Crippen LogP contribution in [-0.2, 0) is 24.0 Å². The Hall–Kier alpha value is -1.73. The number of fused-ring (bicyclic) bond motifs is 1. The smallest absolute Gasteiger partial charge is 0.132 e. The number of aliphatic hydroxyl groups is 2. The van der Waals surface area contributed by atoms with Gasteiger partial charge in [-0.1, -0.05) is 19.1 Å². The van der Waals surface area contributed by atoms with Crippen LogP contribution in [0.25, 0.3) is 0 Å². The minimum atomic E-state index is -0.882. The lowest BCUT2D eigenvalue weighted by molar-refractivity contribution is -0.137. The summed E-state index contributed by atoms with van der Waals surface area (Å²) in [6, 6.07) is 10.5. The minimum Gasteiger partial charge on any atom is -0.494 e. The number of benzene rings is 2. The molecular formula is C26H34O5S. The van der Waals surface area contributed by atoms with Gasteiger partial charge in [0.15, 0.2) is 0 Å². The van der Waals surface area contributed by atoms with Crippen molar-refractivity contribution in [3.63, 3.8) is 0 Å². The van der Waals surface area contributed by atoms with Gasteiger partial charge in [-0.25, -0.2) is 0 Å². The van der Waals surface area contributed by atoms with Gasteiger partial charge in [0.2, 0.25) is 0 Å². The van der Waals surface area contributed by atoms with Crippen LogP contribution in [0.3, 0.4) is 0 Å². The Balaban J connectivity index is 1.72. The van der Waals surface area contributed by atoms with E-state index in [1.54, 1.807) is 0 Å². The first-order valence-electron chi connectivity index (χ1n) is 11.5. The number of rotatable bonds is 7. The molecule has 2 heterocycles. The average molecular weight is 459 g/mol. The van der Waals surface area contributed by atoms with Crippen LogP contribution in [-0.4, -0.2) is 46.8 Å². The van der Waals surface area contributed by atoms with Crippen molar-refractivity contribution in [2.45, 2.75) is 76.3 Å². The van der Waals surface area contributed by atoms with Crippen LogP contribution in [0.5, 0.6) is 11.5 Å². The Kier molecular flexibility index (Phi) is 7.35. The molecule has 1 fully saturated rings. The highest BCUT2D eigenvalue weighted by molar-refractivity contribution is 7.99. The highest BCUT2D eigenvalue weighted by atomic mass is 32.2. The van der Waals surface area contributed by atoms with Crippen molar-refractivity contribution >= 4 is 11.8 Å². The first kappa shape index (κ1) is 23.4. The fraction of sp³-hybridized carbons (Fsp3) is 0.538. The first-order chi connectivity index (χ1) is 15.4. The monoisotopic (exact) mass is 458 g/mol. The topological polar surface area (TPSA) is 68.2 Å². The summed E-state index contributed by atoms with van der Waals surface area (Å²) in [5.41, 5.74) is 5.64. The SMILES string of the molecule is CCOc1ccc(Cc2cc(C3CC(O)[C@H](O)C(SC)O3)c3c(c2CC)CC(C)O3)cc1. The van der Waals surface area contributed by atoms with Gasteiger partial charge in [0.05, 0.1) is 18.8 Å². The standard InChI is InChI=1S/C26H34O5S/c1-5-19-17(12-16-7-9-18(10-8-16)29-6-2)13-21(25-20(19)11-15(3)30-25)23-14-22(27)24(28)26(31-23)32-4/h7-10,13,15,22-24,26-28H,5-6,11-12,14H2,1-4H3/t15?,22?,23?,24-,26?/m0/s1. The van der Waals surface area contributed by atoms with E-state index in [2.05, 4.69) is 32.0 Å². The number of aliphatic hydroxyl groups excluding tert-OH is 2. The van der Waals surface area contributed by atoms with Crippen molar-refractivity contribution in [3.05, 3.63) is 58.1 Å². The zero-order valence-electron chi connectivity index (χ0n) is 19.3. The fourth-order valence-electron chi connectivity index (χ4n) is 4.89. The van der Waals surface area contributed by atoms with Crippen LogP contribution in [0.1, 0.15) is 61.1 Å². The van der Waals surface area contributed by atoms with Gasteiger partial charge < -0.3 is 24.4 Å². The Labute approximate surface area is 195 Å². The lowest BCUT2D eigenvalue weighted by atomic mass is 9.87. The number of ether oxygens (including phenoxy) is 3. The average Bonchev–Trinajstić information content (AvgIpc) is 3.17. The maximum atomic E-state index is 10.5. The van der Waals surface area contributed by atoms with E-state index in [4.69, 9.17) is 14.2 Å². The molecule has 0 spiro atoms. The van der Waals surface area contributed by atoms with Gasteiger partial charge in [-0.2, -0.15) is 0 Å². The summed E-state index contributed by atoms with van der Waals surface area (Å²) >= 11 is 1.42. The first-order valence-corrected chi connectivity index (χ1v) is 12.8. The molecule has 4 unspecified atom stereocenters. The second kappa shape index (κ2) is 10.0. The van der Waals surface area contributed by atoms with Crippen LogP contribution < -0.4 is 9.47 Å².